The van der Waals surface area contributed by atoms with E-state index in [0.717, 1.165) is 70.0 Å². The molecule has 2 aliphatic rings. The van der Waals surface area contributed by atoms with Crippen molar-refractivity contribution in [3.05, 3.63) is 109 Å². The maximum absolute atomic E-state index is 13.9. The number of amides is 4. The lowest BCUT2D eigenvalue weighted by Gasteiger charge is -2.28. The number of H-pyrrole nitrogens is 2. The number of nitrogens with one attached hydrogen (secondary N) is 4. The van der Waals surface area contributed by atoms with Crippen LogP contribution in [0, 0.1) is 0 Å². The Morgan fingerprint density at radius 2 is 1.06 bits per heavy atom. The molecule has 0 radical (unpaired) electrons. The summed E-state index contributed by atoms with van der Waals surface area (Å²) in [7, 11) is 2.54. The van der Waals surface area contributed by atoms with Crippen molar-refractivity contribution in [3.63, 3.8) is 0 Å². The van der Waals surface area contributed by atoms with Crippen LogP contribution in [0.5, 0.6) is 0 Å². The molecule has 18 heteroatoms. The van der Waals surface area contributed by atoms with Gasteiger partial charge in [0.1, 0.15) is 23.7 Å². The number of alkyl carbamates (subject to hydrolysis) is 2. The Hall–Kier alpha value is -7.50. The molecule has 4 amide bonds. The number of methoxy groups -OCH3 is 2. The van der Waals surface area contributed by atoms with Gasteiger partial charge in [0.25, 0.3) is 0 Å². The molecule has 2 aliphatic heterocycles. The van der Waals surface area contributed by atoms with Crippen molar-refractivity contribution in [3.8, 4) is 22.3 Å². The first kappa shape index (κ1) is 39.9. The van der Waals surface area contributed by atoms with Crippen molar-refractivity contribution in [1.29, 1.82) is 0 Å². The van der Waals surface area contributed by atoms with Crippen molar-refractivity contribution in [1.82, 2.24) is 59.9 Å². The molecule has 18 nitrogen and oxygen atoms in total. The number of nitrogens with zero attached hydrogens (tertiary/aromatic N) is 8. The third-order valence-corrected chi connectivity index (χ3v) is 11.7. The summed E-state index contributed by atoms with van der Waals surface area (Å²) in [4.78, 5) is 72.5. The first-order valence-corrected chi connectivity index (χ1v) is 20.6. The second kappa shape index (κ2) is 17.2. The molecule has 318 valence electrons. The summed E-state index contributed by atoms with van der Waals surface area (Å²) in [5.41, 5.74) is 7.40. The van der Waals surface area contributed by atoms with E-state index in [1.807, 2.05) is 24.3 Å². The highest BCUT2D eigenvalue weighted by Crippen LogP contribution is 2.35. The third-order valence-electron chi connectivity index (χ3n) is 11.7. The summed E-state index contributed by atoms with van der Waals surface area (Å²) < 4.78 is 12.8. The monoisotopic (exact) mass is 838 g/mol. The number of aromatic amines is 2. The van der Waals surface area contributed by atoms with E-state index in [0.29, 0.717) is 24.7 Å². The molecule has 3 aromatic carbocycles. The molecular formula is C44H46N12O6. The molecule has 6 heterocycles. The highest BCUT2D eigenvalue weighted by Gasteiger charge is 2.38. The van der Waals surface area contributed by atoms with Crippen molar-refractivity contribution < 1.29 is 28.7 Å². The average Bonchev–Trinajstić information content (AvgIpc) is 4.15. The smallest absolute Gasteiger partial charge is 0.407 e. The molecule has 0 bridgehead atoms. The first-order chi connectivity index (χ1) is 30.2. The van der Waals surface area contributed by atoms with Crippen LogP contribution >= 0.6 is 0 Å². The average molecular weight is 839 g/mol. The number of carbonyl (C=O) groups is 4. The van der Waals surface area contributed by atoms with E-state index in [1.54, 1.807) is 56.1 Å². The Balaban J connectivity index is 0.895. The zero-order valence-electron chi connectivity index (χ0n) is 34.2. The van der Waals surface area contributed by atoms with Crippen LogP contribution in [-0.2, 0) is 32.2 Å². The minimum Gasteiger partial charge on any atom is -0.453 e. The SMILES string of the molecule is COC(=O)N[C@@H](Cn1cccn1)C(=O)N1CCC[C@H]1c1nc2ccc(-c3ccc(-c4ccc5nc([C@@H]6CCCN6C(=O)[C@H](Cn6cccn6)NC(=O)OC)[nH]c5c4)cc3)cc2[nH]1. The maximum atomic E-state index is 13.9. The predicted octanol–water partition coefficient (Wildman–Crippen LogP) is 5.34. The molecule has 62 heavy (non-hydrogen) atoms. The van der Waals surface area contributed by atoms with Crippen LogP contribution in [0.2, 0.25) is 0 Å². The molecule has 0 spiro atoms. The summed E-state index contributed by atoms with van der Waals surface area (Å²) in [6.07, 6.45) is 8.45. The van der Waals surface area contributed by atoms with Crippen LogP contribution in [0.3, 0.4) is 0 Å². The molecule has 2 saturated heterocycles. The summed E-state index contributed by atoms with van der Waals surface area (Å²) in [6, 6.07) is 21.8. The number of hydrogen-bond acceptors (Lipinski definition) is 10. The lowest BCUT2D eigenvalue weighted by atomic mass is 10.00. The second-order valence-corrected chi connectivity index (χ2v) is 15.5. The molecule has 4 atom stereocenters. The largest absolute Gasteiger partial charge is 0.453 e. The van der Waals surface area contributed by atoms with Crippen LogP contribution in [-0.4, -0.2) is 113 Å². The van der Waals surface area contributed by atoms with Crippen molar-refractivity contribution >= 4 is 46.1 Å². The highest BCUT2D eigenvalue weighted by atomic mass is 16.5. The van der Waals surface area contributed by atoms with Gasteiger partial charge in [-0.25, -0.2) is 19.6 Å². The molecule has 0 aliphatic carbocycles. The lowest BCUT2D eigenvalue weighted by molar-refractivity contribution is -0.135. The fourth-order valence-corrected chi connectivity index (χ4v) is 8.58. The number of rotatable bonds is 12. The van der Waals surface area contributed by atoms with Gasteiger partial charge in [0.05, 0.1) is 61.5 Å². The highest BCUT2D eigenvalue weighted by molar-refractivity contribution is 5.88. The Kier molecular flexibility index (Phi) is 11.1. The molecule has 0 unspecified atom stereocenters. The summed E-state index contributed by atoms with van der Waals surface area (Å²) >= 11 is 0. The Labute approximate surface area is 355 Å². The van der Waals surface area contributed by atoms with Crippen molar-refractivity contribution in [2.24, 2.45) is 0 Å². The Morgan fingerprint density at radius 3 is 1.45 bits per heavy atom. The fourth-order valence-electron chi connectivity index (χ4n) is 8.58. The minimum atomic E-state index is -0.863. The Bertz CT molecular complexity index is 2520. The molecule has 2 fully saturated rings. The quantitative estimate of drug-likeness (QED) is 0.124. The zero-order valence-corrected chi connectivity index (χ0v) is 34.2. The number of ether oxygens (including phenoxy) is 2. The molecule has 4 aromatic heterocycles. The number of benzene rings is 3. The van der Waals surface area contributed by atoms with Gasteiger partial charge in [-0.1, -0.05) is 36.4 Å². The van der Waals surface area contributed by atoms with Crippen LogP contribution in [0.25, 0.3) is 44.3 Å². The van der Waals surface area contributed by atoms with E-state index >= 15 is 0 Å². The number of fused-ring (bicyclic) bond motifs is 2. The molecule has 0 saturated carbocycles. The van der Waals surface area contributed by atoms with Gasteiger partial charge in [0.15, 0.2) is 0 Å². The van der Waals surface area contributed by atoms with Gasteiger partial charge >= 0.3 is 12.2 Å². The van der Waals surface area contributed by atoms with Crippen LogP contribution in [0.1, 0.15) is 49.4 Å². The normalized spacial score (nSPS) is 17.3. The van der Waals surface area contributed by atoms with Gasteiger partial charge in [-0.3, -0.25) is 19.0 Å². The predicted molar refractivity (Wildman–Crippen MR) is 227 cm³/mol. The standard InChI is InChI=1S/C44H46N12O6/c1-61-43(59)51-35(25-53-19-5-17-45-53)41(57)55-21-3-7-37(55)39-47-31-15-13-29(23-33(31)49-39)27-9-11-28(12-10-27)30-14-16-32-34(24-30)50-40(48-32)38-8-4-22-56(38)42(58)36(52-44(60)62-2)26-54-20-6-18-46-54/h5-6,9-20,23-24,35-38H,3-4,7-8,21-22,25-26H2,1-2H3,(H,47,49)(H,48,50)(H,51,59)(H,52,60)/t35-,36-,37-,38-/m0/s1. The second-order valence-electron chi connectivity index (χ2n) is 15.5. The molecule has 4 N–H and O–H groups in total. The summed E-state index contributed by atoms with van der Waals surface area (Å²) in [5.74, 6) is 0.945. The van der Waals surface area contributed by atoms with Gasteiger partial charge in [0, 0.05) is 37.9 Å². The molecular weight excluding hydrogens is 793 g/mol. The number of carbonyl (C=O) groups excluding carboxylic acids is 4. The number of aromatic nitrogens is 8. The van der Waals surface area contributed by atoms with Crippen molar-refractivity contribution in [2.75, 3.05) is 27.3 Å². The van der Waals surface area contributed by atoms with Crippen LogP contribution in [0.15, 0.2) is 97.6 Å². The van der Waals surface area contributed by atoms with E-state index in [4.69, 9.17) is 19.4 Å². The van der Waals surface area contributed by atoms with Gasteiger partial charge < -0.3 is 39.9 Å². The zero-order chi connectivity index (χ0) is 42.7. The van der Waals surface area contributed by atoms with Gasteiger partial charge in [-0.2, -0.15) is 10.2 Å². The Morgan fingerprint density at radius 1 is 0.645 bits per heavy atom. The minimum absolute atomic E-state index is 0.169. The third kappa shape index (κ3) is 8.18. The van der Waals surface area contributed by atoms with E-state index in [2.05, 4.69) is 67.2 Å². The molecule has 9 rings (SSSR count). The molecule has 7 aromatic rings. The number of hydrogen-bond donors (Lipinski definition) is 4. The number of imidazole rings is 2. The van der Waals surface area contributed by atoms with Crippen LogP contribution < -0.4 is 10.6 Å². The maximum Gasteiger partial charge on any atom is 0.407 e. The fraction of sp³-hybridized carbons (Fsp3) is 0.318. The lowest BCUT2D eigenvalue weighted by Crippen LogP contribution is -2.50. The topological polar surface area (TPSA) is 210 Å². The van der Waals surface area contributed by atoms with E-state index < -0.39 is 24.3 Å². The van der Waals surface area contributed by atoms with Gasteiger partial charge in [0.2, 0.25) is 11.8 Å². The van der Waals surface area contributed by atoms with Crippen molar-refractivity contribution in [2.45, 2.75) is 62.9 Å². The summed E-state index contributed by atoms with van der Waals surface area (Å²) in [5, 5.41) is 13.8. The van der Waals surface area contributed by atoms with E-state index in [-0.39, 0.29) is 37.0 Å². The number of likely N-dealkylation sites (tertiary alicyclic amines) is 2. The summed E-state index contributed by atoms with van der Waals surface area (Å²) in [6.45, 7) is 1.42. The van der Waals surface area contributed by atoms with E-state index in [9.17, 15) is 19.2 Å². The van der Waals surface area contributed by atoms with E-state index in [1.165, 1.54) is 14.2 Å². The van der Waals surface area contributed by atoms with Gasteiger partial charge in [-0.15, -0.1) is 0 Å². The van der Waals surface area contributed by atoms with Crippen LogP contribution in [0.4, 0.5) is 9.59 Å². The first-order valence-electron chi connectivity index (χ1n) is 20.6. The van der Waals surface area contributed by atoms with Gasteiger partial charge in [-0.05, 0) is 84.3 Å².